The summed E-state index contributed by atoms with van der Waals surface area (Å²) in [4.78, 5) is 7.95. The molecule has 3 aliphatic rings. The van der Waals surface area contributed by atoms with Crippen molar-refractivity contribution < 1.29 is 8.78 Å². The maximum absolute atomic E-state index is 15.2. The van der Waals surface area contributed by atoms with Gasteiger partial charge < -0.3 is 9.80 Å². The number of hydrogen-bond donors (Lipinski definition) is 0. The summed E-state index contributed by atoms with van der Waals surface area (Å²) in [5.41, 5.74) is 28.1. The highest BCUT2D eigenvalue weighted by Crippen LogP contribution is 2.73. The van der Waals surface area contributed by atoms with Gasteiger partial charge in [-0.1, -0.05) is 222 Å². The molecule has 15 rings (SSSR count). The number of halogens is 2. The van der Waals surface area contributed by atoms with E-state index in [1.165, 1.54) is 65.4 Å². The summed E-state index contributed by atoms with van der Waals surface area (Å²) in [5, 5.41) is 0. The van der Waals surface area contributed by atoms with Gasteiger partial charge in [0.15, 0.2) is 0 Å². The summed E-state index contributed by atoms with van der Waals surface area (Å²) in [6, 6.07) is 92.1. The third-order valence-corrected chi connectivity index (χ3v) is 25.1. The average molecular weight is 1260 g/mol. The van der Waals surface area contributed by atoms with Gasteiger partial charge >= 0.3 is 0 Å². The van der Waals surface area contributed by atoms with Crippen molar-refractivity contribution in [3.63, 3.8) is 0 Å². The van der Waals surface area contributed by atoms with Crippen LogP contribution in [0.4, 0.5) is 42.9 Å². The molecule has 0 aromatic heterocycles. The maximum atomic E-state index is 15.2. The van der Waals surface area contributed by atoms with Crippen LogP contribution in [0.5, 0.6) is 0 Å². The molecule has 1 heterocycles. The molecule has 5 heteroatoms. The van der Waals surface area contributed by atoms with Crippen molar-refractivity contribution in [1.82, 2.24) is 0 Å². The average Bonchev–Trinajstić information content (AvgIpc) is 1.57. The smallest absolute Gasteiger partial charge is 0.123 e. The molecule has 0 saturated heterocycles. The molecule has 95 heavy (non-hydrogen) atoms. The number of nitrogens with zero attached hydrogens (tertiary/aromatic N) is 2. The first-order valence-electron chi connectivity index (χ1n) is 33.6. The van der Waals surface area contributed by atoms with Gasteiger partial charge in [-0.25, -0.2) is 8.78 Å². The molecule has 0 radical (unpaired) electrons. The number of anilines is 6. The Morgan fingerprint density at radius 3 is 1.06 bits per heavy atom. The molecule has 2 unspecified atom stereocenters. The van der Waals surface area contributed by atoms with E-state index in [9.17, 15) is 0 Å². The molecule has 2 aliphatic carbocycles. The Morgan fingerprint density at radius 2 is 0.695 bits per heavy atom. The zero-order chi connectivity index (χ0) is 65.3. The van der Waals surface area contributed by atoms with Gasteiger partial charge in [0.25, 0.3) is 0 Å². The molecule has 0 fully saturated rings. The van der Waals surface area contributed by atoms with Crippen LogP contribution in [0.15, 0.2) is 278 Å². The molecule has 0 bridgehead atoms. The summed E-state index contributed by atoms with van der Waals surface area (Å²) in [5.74, 6) is 1.63. The van der Waals surface area contributed by atoms with E-state index in [2.05, 4.69) is 271 Å². The molecule has 2 nitrogen and oxygen atoms in total. The molecule has 0 N–H and O–H groups in total. The molecular weight excluding hydrogens is 1180 g/mol. The van der Waals surface area contributed by atoms with E-state index in [-0.39, 0.29) is 11.6 Å². The fourth-order valence-electron chi connectivity index (χ4n) is 16.1. The van der Waals surface area contributed by atoms with E-state index in [0.29, 0.717) is 0 Å². The van der Waals surface area contributed by atoms with Crippen molar-refractivity contribution in [2.45, 2.75) is 87.8 Å². The second-order valence-electron chi connectivity index (χ2n) is 26.3. The monoisotopic (exact) mass is 1260 g/mol. The number of aryl methyl sites for hydroxylation is 4. The van der Waals surface area contributed by atoms with E-state index >= 15 is 8.78 Å². The van der Waals surface area contributed by atoms with Crippen molar-refractivity contribution in [3.8, 4) is 33.4 Å². The van der Waals surface area contributed by atoms with Crippen molar-refractivity contribution in [2.24, 2.45) is 0 Å². The minimum atomic E-state index is -1.70. The van der Waals surface area contributed by atoms with Gasteiger partial charge in [-0.3, -0.25) is 0 Å². The van der Waals surface area contributed by atoms with Gasteiger partial charge in [0.2, 0.25) is 0 Å². The molecular formula is C90H78F2N2S. The Labute approximate surface area is 561 Å². The van der Waals surface area contributed by atoms with E-state index in [1.54, 1.807) is 24.3 Å². The number of rotatable bonds is 18. The van der Waals surface area contributed by atoms with E-state index in [1.807, 2.05) is 36.4 Å². The molecule has 12 aromatic carbocycles. The topological polar surface area (TPSA) is 6.48 Å². The normalized spacial score (nSPS) is 16.2. The standard InChI is InChI=1S/C90H78F2N2S/c1-9-13-51-95(52-14-10-2)87-57-73(93(85-53-59(5)23-25-61(85)7)71-43-47-77-75-19-15-17-21-81(75)89(83(77)55-71,67-35-39-69(91)40-36-67)65-31-27-63(11-3)28-32-65)45-49-79(87)80-50-46-74(58-88(80)95)94(86-54-60(6)24-26-62(86)8)72-44-48-78-76-20-16-18-22-82(76)90(84(78)56-72,68-37-41-70(92)42-38-68)66-33-29-64(12-4)30-34-66/h11-12,15-50,53-58H,3-4,9-10,13-14,51-52H2,1-2,5-8H3. The SMILES string of the molecule is C=Cc1ccc(C2(c3ccc(F)cc3)c3ccccc3-c3ccc(N(c4ccc5c(c4)S(CCCC)(CCCC)c4cc(N(c6ccc7c(c6)C(c6ccc(F)cc6)(c6ccc(C=C)cc6)c6ccccc6-7)c6cc(C)ccc6C)ccc4-5)c4cc(C)ccc4C)cc32)cc1. The highest BCUT2D eigenvalue weighted by Gasteiger charge is 2.49. The minimum Gasteiger partial charge on any atom is -0.310 e. The fourth-order valence-corrected chi connectivity index (χ4v) is 20.9. The lowest BCUT2D eigenvalue weighted by atomic mass is 9.67. The lowest BCUT2D eigenvalue weighted by molar-refractivity contribution is 0.624. The molecule has 1 aliphatic heterocycles. The minimum absolute atomic E-state index is 0.263. The van der Waals surface area contributed by atoms with Gasteiger partial charge in [-0.2, -0.15) is 10.0 Å². The van der Waals surface area contributed by atoms with Crippen LogP contribution in [0.1, 0.15) is 117 Å². The highest BCUT2D eigenvalue weighted by molar-refractivity contribution is 8.34. The van der Waals surface area contributed by atoms with Gasteiger partial charge in [-0.15, -0.1) is 0 Å². The predicted octanol–water partition coefficient (Wildman–Crippen LogP) is 25.0. The van der Waals surface area contributed by atoms with Gasteiger partial charge in [0.1, 0.15) is 11.6 Å². The number of unbranched alkanes of at least 4 members (excludes halogenated alkanes) is 2. The number of fused-ring (bicyclic) bond motifs is 9. The van der Waals surface area contributed by atoms with Crippen LogP contribution >= 0.6 is 10.0 Å². The number of hydrogen-bond acceptors (Lipinski definition) is 2. The summed E-state index contributed by atoms with van der Waals surface area (Å²) < 4.78 is 30.4. The van der Waals surface area contributed by atoms with Crippen molar-refractivity contribution in [1.29, 1.82) is 0 Å². The van der Waals surface area contributed by atoms with Gasteiger partial charge in [0.05, 0.1) is 10.8 Å². The van der Waals surface area contributed by atoms with Crippen LogP contribution in [0.25, 0.3) is 45.5 Å². The van der Waals surface area contributed by atoms with Crippen molar-refractivity contribution in [3.05, 3.63) is 357 Å². The molecule has 0 spiro atoms. The van der Waals surface area contributed by atoms with Crippen LogP contribution in [0, 0.1) is 39.3 Å². The molecule has 468 valence electrons. The first-order chi connectivity index (χ1) is 46.3. The van der Waals surface area contributed by atoms with Gasteiger partial charge in [0, 0.05) is 43.9 Å². The summed E-state index contributed by atoms with van der Waals surface area (Å²) >= 11 is 0. The second-order valence-corrected chi connectivity index (χ2v) is 29.8. The van der Waals surface area contributed by atoms with Crippen LogP contribution in [-0.4, -0.2) is 11.5 Å². The van der Waals surface area contributed by atoms with Crippen molar-refractivity contribution in [2.75, 3.05) is 21.3 Å². The highest BCUT2D eigenvalue weighted by atomic mass is 32.3. The third kappa shape index (κ3) is 9.79. The maximum Gasteiger partial charge on any atom is 0.123 e. The zero-order valence-corrected chi connectivity index (χ0v) is 55.9. The molecule has 12 aromatic rings. The summed E-state index contributed by atoms with van der Waals surface area (Å²) in [6.07, 6.45) is 8.15. The largest absolute Gasteiger partial charge is 0.310 e. The fraction of sp³-hybridized carbons (Fsp3) is 0.156. The van der Waals surface area contributed by atoms with Crippen LogP contribution in [0.3, 0.4) is 0 Å². The van der Waals surface area contributed by atoms with E-state index in [0.717, 1.165) is 127 Å². The van der Waals surface area contributed by atoms with E-state index in [4.69, 9.17) is 0 Å². The first kappa shape index (κ1) is 61.1. The molecule has 0 amide bonds. The Kier molecular flexibility index (Phi) is 15.7. The Hall–Kier alpha value is -10.1. The first-order valence-corrected chi connectivity index (χ1v) is 35.6. The predicted molar refractivity (Wildman–Crippen MR) is 399 cm³/mol. The van der Waals surface area contributed by atoms with Gasteiger partial charge in [-0.05, 0) is 248 Å². The van der Waals surface area contributed by atoms with Crippen LogP contribution in [-0.2, 0) is 10.8 Å². The van der Waals surface area contributed by atoms with E-state index < -0.39 is 20.9 Å². The van der Waals surface area contributed by atoms with Crippen LogP contribution < -0.4 is 9.80 Å². The summed E-state index contributed by atoms with van der Waals surface area (Å²) in [7, 11) is -1.70. The summed E-state index contributed by atoms with van der Waals surface area (Å²) in [6.45, 7) is 21.8. The molecule has 2 atom stereocenters. The second kappa shape index (κ2) is 24.4. The van der Waals surface area contributed by atoms with Crippen molar-refractivity contribution >= 4 is 56.3 Å². The molecule has 0 saturated carbocycles. The number of benzene rings is 12. The Morgan fingerprint density at radius 1 is 0.358 bits per heavy atom. The third-order valence-electron chi connectivity index (χ3n) is 20.8. The lowest BCUT2D eigenvalue weighted by Crippen LogP contribution is -2.29. The Bertz CT molecular complexity index is 4670. The Balaban J connectivity index is 0.932. The quantitative estimate of drug-likeness (QED) is 0.0845. The van der Waals surface area contributed by atoms with Crippen LogP contribution in [0.2, 0.25) is 0 Å². The zero-order valence-electron chi connectivity index (χ0n) is 55.1. The lowest BCUT2D eigenvalue weighted by Gasteiger charge is -2.40.